The Labute approximate surface area is 121 Å². The number of benzene rings is 1. The second kappa shape index (κ2) is 6.39. The summed E-state index contributed by atoms with van der Waals surface area (Å²) in [6.45, 7) is 2.81. The van der Waals surface area contributed by atoms with Crippen LogP contribution in [-0.2, 0) is 4.74 Å². The predicted molar refractivity (Wildman–Crippen MR) is 77.9 cm³/mol. The number of piperidine rings is 1. The van der Waals surface area contributed by atoms with Crippen molar-refractivity contribution >= 4 is 27.6 Å². The highest BCUT2D eigenvalue weighted by molar-refractivity contribution is 9.10. The van der Waals surface area contributed by atoms with Gasteiger partial charge in [0.05, 0.1) is 5.56 Å². The fourth-order valence-corrected chi connectivity index (χ4v) is 3.00. The standard InChI is InChI=1S/C14H18BrNO3/c1-19-9-10-4-6-16(7-5-10)11-2-3-12(14(17)18)13(15)8-11/h2-3,8,10H,4-7,9H2,1H3,(H,17,18). The van der Waals surface area contributed by atoms with Crippen LogP contribution in [0.15, 0.2) is 22.7 Å². The average molecular weight is 328 g/mol. The molecule has 0 aliphatic carbocycles. The van der Waals surface area contributed by atoms with Gasteiger partial charge in [0.2, 0.25) is 0 Å². The lowest BCUT2D eigenvalue weighted by atomic mass is 9.97. The summed E-state index contributed by atoms with van der Waals surface area (Å²) in [7, 11) is 1.74. The van der Waals surface area contributed by atoms with Crippen LogP contribution >= 0.6 is 15.9 Å². The molecule has 2 rings (SSSR count). The Hall–Kier alpha value is -1.07. The third-order valence-corrected chi connectivity index (χ3v) is 4.22. The van der Waals surface area contributed by atoms with E-state index in [0.29, 0.717) is 16.0 Å². The summed E-state index contributed by atoms with van der Waals surface area (Å²) in [5, 5.41) is 9.00. The van der Waals surface area contributed by atoms with Gasteiger partial charge >= 0.3 is 5.97 Å². The number of hydrogen-bond acceptors (Lipinski definition) is 3. The van der Waals surface area contributed by atoms with Gasteiger partial charge in [0.25, 0.3) is 0 Å². The molecule has 0 aromatic heterocycles. The van der Waals surface area contributed by atoms with Gasteiger partial charge in [-0.1, -0.05) is 0 Å². The van der Waals surface area contributed by atoms with Crippen molar-refractivity contribution in [2.75, 3.05) is 31.7 Å². The summed E-state index contributed by atoms with van der Waals surface area (Å²) in [6.07, 6.45) is 2.23. The van der Waals surface area contributed by atoms with Crippen molar-refractivity contribution in [3.63, 3.8) is 0 Å². The molecule has 104 valence electrons. The normalized spacial score (nSPS) is 16.6. The van der Waals surface area contributed by atoms with Gasteiger partial charge in [0.1, 0.15) is 0 Å². The van der Waals surface area contributed by atoms with Gasteiger partial charge in [-0.15, -0.1) is 0 Å². The van der Waals surface area contributed by atoms with Crippen molar-refractivity contribution in [2.24, 2.45) is 5.92 Å². The maximum Gasteiger partial charge on any atom is 0.336 e. The molecule has 19 heavy (non-hydrogen) atoms. The lowest BCUT2D eigenvalue weighted by Crippen LogP contribution is -2.35. The minimum Gasteiger partial charge on any atom is -0.478 e. The Morgan fingerprint density at radius 1 is 1.47 bits per heavy atom. The SMILES string of the molecule is COCC1CCN(c2ccc(C(=O)O)c(Br)c2)CC1. The van der Waals surface area contributed by atoms with E-state index in [4.69, 9.17) is 9.84 Å². The number of hydrogen-bond donors (Lipinski definition) is 1. The van der Waals surface area contributed by atoms with Crippen molar-refractivity contribution in [1.29, 1.82) is 0 Å². The molecule has 5 heteroatoms. The fraction of sp³-hybridized carbons (Fsp3) is 0.500. The molecule has 1 aromatic carbocycles. The molecule has 1 N–H and O–H groups in total. The lowest BCUT2D eigenvalue weighted by molar-refractivity contribution is 0.0696. The molecule has 0 amide bonds. The second-order valence-electron chi connectivity index (χ2n) is 4.86. The molecule has 1 saturated heterocycles. The van der Waals surface area contributed by atoms with Gasteiger partial charge in [0.15, 0.2) is 0 Å². The first-order chi connectivity index (χ1) is 9.11. The van der Waals surface area contributed by atoms with E-state index in [0.717, 1.165) is 38.2 Å². The minimum atomic E-state index is -0.905. The molecule has 0 unspecified atom stereocenters. The first-order valence-electron chi connectivity index (χ1n) is 6.38. The Bertz CT molecular complexity index is 456. The number of ether oxygens (including phenoxy) is 1. The van der Waals surface area contributed by atoms with Crippen LogP contribution in [-0.4, -0.2) is 37.9 Å². The summed E-state index contributed by atoms with van der Waals surface area (Å²) < 4.78 is 5.83. The first-order valence-corrected chi connectivity index (χ1v) is 7.18. The molecule has 0 radical (unpaired) electrons. The van der Waals surface area contributed by atoms with Crippen molar-refractivity contribution in [3.8, 4) is 0 Å². The van der Waals surface area contributed by atoms with Crippen LogP contribution in [0.1, 0.15) is 23.2 Å². The molecule has 1 aromatic rings. The summed E-state index contributed by atoms with van der Waals surface area (Å²) >= 11 is 3.32. The molecule has 1 aliphatic rings. The average Bonchev–Trinajstić information content (AvgIpc) is 2.39. The van der Waals surface area contributed by atoms with E-state index in [1.165, 1.54) is 0 Å². The van der Waals surface area contributed by atoms with Crippen molar-refractivity contribution in [3.05, 3.63) is 28.2 Å². The molecule has 0 bridgehead atoms. The number of nitrogens with zero attached hydrogens (tertiary/aromatic N) is 1. The molecule has 0 saturated carbocycles. The third-order valence-electron chi connectivity index (χ3n) is 3.57. The van der Waals surface area contributed by atoms with Gasteiger partial charge in [-0.3, -0.25) is 0 Å². The van der Waals surface area contributed by atoms with Crippen LogP contribution in [0, 0.1) is 5.92 Å². The molecule has 1 aliphatic heterocycles. The molecular weight excluding hydrogens is 310 g/mol. The van der Waals surface area contributed by atoms with Crippen LogP contribution < -0.4 is 4.90 Å². The molecule has 1 heterocycles. The van der Waals surface area contributed by atoms with Gasteiger partial charge in [-0.05, 0) is 52.9 Å². The van der Waals surface area contributed by atoms with Gasteiger partial charge in [0, 0.05) is 37.0 Å². The first kappa shape index (κ1) is 14.3. The Morgan fingerprint density at radius 3 is 2.68 bits per heavy atom. The summed E-state index contributed by atoms with van der Waals surface area (Å²) in [5.74, 6) is -0.264. The highest BCUT2D eigenvalue weighted by atomic mass is 79.9. The number of halogens is 1. The maximum absolute atomic E-state index is 11.0. The predicted octanol–water partition coefficient (Wildman–Crippen LogP) is 3.01. The van der Waals surface area contributed by atoms with Crippen molar-refractivity contribution in [1.82, 2.24) is 0 Å². The third kappa shape index (κ3) is 3.48. The highest BCUT2D eigenvalue weighted by Crippen LogP contribution is 2.28. The summed E-state index contributed by atoms with van der Waals surface area (Å²) in [4.78, 5) is 13.3. The topological polar surface area (TPSA) is 49.8 Å². The smallest absolute Gasteiger partial charge is 0.336 e. The van der Waals surface area contributed by atoms with E-state index in [2.05, 4.69) is 20.8 Å². The molecule has 4 nitrogen and oxygen atoms in total. The van der Waals surface area contributed by atoms with Crippen LogP contribution in [0.25, 0.3) is 0 Å². The Kier molecular flexibility index (Phi) is 4.82. The van der Waals surface area contributed by atoms with E-state index >= 15 is 0 Å². The number of rotatable bonds is 4. The van der Waals surface area contributed by atoms with E-state index in [-0.39, 0.29) is 0 Å². The zero-order valence-corrected chi connectivity index (χ0v) is 12.5. The minimum absolute atomic E-state index is 0.304. The van der Waals surface area contributed by atoms with Crippen LogP contribution in [0.2, 0.25) is 0 Å². The number of carboxylic acid groups (broad SMARTS) is 1. The van der Waals surface area contributed by atoms with Crippen LogP contribution in [0.5, 0.6) is 0 Å². The monoisotopic (exact) mass is 327 g/mol. The number of aromatic carboxylic acids is 1. The number of carboxylic acids is 1. The number of anilines is 1. The van der Waals surface area contributed by atoms with E-state index in [1.807, 2.05) is 12.1 Å². The number of methoxy groups -OCH3 is 1. The number of carbonyl (C=O) groups is 1. The van der Waals surface area contributed by atoms with E-state index in [1.54, 1.807) is 13.2 Å². The van der Waals surface area contributed by atoms with Crippen LogP contribution in [0.3, 0.4) is 0 Å². The lowest BCUT2D eigenvalue weighted by Gasteiger charge is -2.33. The largest absolute Gasteiger partial charge is 0.478 e. The highest BCUT2D eigenvalue weighted by Gasteiger charge is 2.20. The van der Waals surface area contributed by atoms with Gasteiger partial charge in [-0.25, -0.2) is 4.79 Å². The second-order valence-corrected chi connectivity index (χ2v) is 5.71. The van der Waals surface area contributed by atoms with Crippen LogP contribution in [0.4, 0.5) is 5.69 Å². The Balaban J connectivity index is 2.04. The van der Waals surface area contributed by atoms with E-state index < -0.39 is 5.97 Å². The molecule has 1 fully saturated rings. The van der Waals surface area contributed by atoms with Gasteiger partial charge < -0.3 is 14.7 Å². The van der Waals surface area contributed by atoms with Gasteiger partial charge in [-0.2, -0.15) is 0 Å². The van der Waals surface area contributed by atoms with Crippen molar-refractivity contribution < 1.29 is 14.6 Å². The molecule has 0 atom stereocenters. The zero-order chi connectivity index (χ0) is 13.8. The fourth-order valence-electron chi connectivity index (χ4n) is 2.47. The van der Waals surface area contributed by atoms with E-state index in [9.17, 15) is 4.79 Å². The molecule has 0 spiro atoms. The summed E-state index contributed by atoms with van der Waals surface area (Å²) in [6, 6.07) is 5.42. The quantitative estimate of drug-likeness (QED) is 0.923. The zero-order valence-electron chi connectivity index (χ0n) is 10.9. The maximum atomic E-state index is 11.0. The molecular formula is C14H18BrNO3. The Morgan fingerprint density at radius 2 is 2.16 bits per heavy atom. The van der Waals surface area contributed by atoms with Crippen molar-refractivity contribution in [2.45, 2.75) is 12.8 Å². The summed E-state index contributed by atoms with van der Waals surface area (Å²) in [5.41, 5.74) is 1.38.